The van der Waals surface area contributed by atoms with Crippen LogP contribution in [0.4, 0.5) is 79.0 Å². The molecule has 0 bridgehead atoms. The van der Waals surface area contributed by atoms with Gasteiger partial charge in [-0.15, -0.1) is 6.58 Å². The zero-order chi connectivity index (χ0) is 52.9. The van der Waals surface area contributed by atoms with Crippen LogP contribution in [0.5, 0.6) is 0 Å². The molecule has 0 aromatic heterocycles. The van der Waals surface area contributed by atoms with Crippen LogP contribution in [0, 0.1) is 0 Å². The number of carbonyl (C=O) groups excluding carboxylic acids is 6. The summed E-state index contributed by atoms with van der Waals surface area (Å²) in [7, 11) is 0. The summed E-state index contributed by atoms with van der Waals surface area (Å²) in [5.74, 6) is -21.0. The van der Waals surface area contributed by atoms with Gasteiger partial charge in [-0.1, -0.05) is 17.7 Å². The molecule has 0 radical (unpaired) electrons. The van der Waals surface area contributed by atoms with E-state index in [-0.39, 0.29) is 12.8 Å². The van der Waals surface area contributed by atoms with Crippen molar-refractivity contribution in [1.29, 1.82) is 0 Å². The summed E-state index contributed by atoms with van der Waals surface area (Å²) in [5.41, 5.74) is -1.50. The number of hydrogen-bond acceptors (Lipinski definition) is 16. The predicted octanol–water partition coefficient (Wildman–Crippen LogP) is 6.03. The summed E-state index contributed by atoms with van der Waals surface area (Å²) in [6.07, 6.45) is -68.5. The molecule has 2 aliphatic heterocycles. The molecule has 2 saturated heterocycles. The first kappa shape index (κ1) is 59.0. The summed E-state index contributed by atoms with van der Waals surface area (Å²) in [6, 6.07) is 0. The fraction of sp³-hybridized carbons (Fsp3) is 0.706. The van der Waals surface area contributed by atoms with Crippen molar-refractivity contribution >= 4 is 35.8 Å². The van der Waals surface area contributed by atoms with E-state index >= 15 is 0 Å². The lowest BCUT2D eigenvalue weighted by Gasteiger charge is -2.47. The van der Waals surface area contributed by atoms with Crippen LogP contribution in [-0.4, -0.2) is 146 Å². The van der Waals surface area contributed by atoms with E-state index in [0.29, 0.717) is 12.5 Å². The first-order valence-corrected chi connectivity index (χ1v) is 18.1. The Balaban J connectivity index is 2.98. The molecule has 0 aromatic rings. The van der Waals surface area contributed by atoms with Crippen LogP contribution in [0.1, 0.15) is 40.5 Å². The van der Waals surface area contributed by atoms with Gasteiger partial charge in [0.25, 0.3) is 0 Å². The van der Waals surface area contributed by atoms with Crippen LogP contribution in [0.15, 0.2) is 24.3 Å². The quantitative estimate of drug-likeness (QED) is 0.0799. The Morgan fingerprint density at radius 3 is 1.18 bits per heavy atom. The van der Waals surface area contributed by atoms with Crippen LogP contribution < -0.4 is 0 Å². The van der Waals surface area contributed by atoms with E-state index in [1.54, 1.807) is 13.8 Å². The molecule has 2 heterocycles. The Labute approximate surface area is 366 Å². The van der Waals surface area contributed by atoms with Gasteiger partial charge in [0, 0.05) is 0 Å². The number of halogens is 18. The van der Waals surface area contributed by atoms with E-state index in [2.05, 4.69) is 35.0 Å². The largest absolute Gasteiger partial charge is 0.490 e. The molecule has 68 heavy (non-hydrogen) atoms. The van der Waals surface area contributed by atoms with Crippen molar-refractivity contribution in [2.75, 3.05) is 6.61 Å². The molecule has 0 aliphatic carbocycles. The predicted molar refractivity (Wildman–Crippen MR) is 173 cm³/mol. The van der Waals surface area contributed by atoms with Crippen molar-refractivity contribution in [2.45, 2.75) is 145 Å². The number of carbonyl (C=O) groups is 6. The first-order valence-electron chi connectivity index (χ1n) is 18.1. The molecule has 2 rings (SSSR count). The van der Waals surface area contributed by atoms with Crippen molar-refractivity contribution in [3.63, 3.8) is 0 Å². The lowest BCUT2D eigenvalue weighted by Crippen LogP contribution is -2.66. The van der Waals surface area contributed by atoms with E-state index in [1.165, 1.54) is 6.08 Å². The van der Waals surface area contributed by atoms with Crippen molar-refractivity contribution in [3.05, 3.63) is 24.3 Å². The lowest BCUT2D eigenvalue weighted by molar-refractivity contribution is -0.349. The highest BCUT2D eigenvalue weighted by molar-refractivity contribution is 5.79. The fourth-order valence-corrected chi connectivity index (χ4v) is 5.49. The lowest BCUT2D eigenvalue weighted by atomic mass is 9.95. The van der Waals surface area contributed by atoms with Crippen molar-refractivity contribution < 1.29 is 155 Å². The molecule has 34 heteroatoms. The summed E-state index contributed by atoms with van der Waals surface area (Å²) in [4.78, 5) is 72.1. The van der Waals surface area contributed by atoms with Crippen molar-refractivity contribution in [3.8, 4) is 0 Å². The number of ether oxygens (including phenoxy) is 10. The minimum atomic E-state index is -6.28. The number of rotatable bonds is 15. The third kappa shape index (κ3) is 16.5. The summed E-state index contributed by atoms with van der Waals surface area (Å²) < 4.78 is 287. The van der Waals surface area contributed by atoms with Gasteiger partial charge in [-0.3, -0.25) is 0 Å². The number of esters is 6. The Hall–Kier alpha value is -5.12. The topological polar surface area (TPSA) is 195 Å². The molecule has 0 N–H and O–H groups in total. The third-order valence-corrected chi connectivity index (χ3v) is 8.60. The number of hydrogen-bond donors (Lipinski definition) is 0. The highest BCUT2D eigenvalue weighted by atomic mass is 19.4. The molecular formula is C34H32F18O16. The normalized spacial score (nSPS) is 27.1. The SMILES string of the molecule is C=CC(C)(CCC=C(C)C)O[C@@H]1OC(CO[C@@H]2O[C@@H](C)[C@H](OC(=O)C(F)(F)F)[C@@H](OC(=O)C(F)(F)F)[C@H]2OC(=O)C(F)(F)F)[C@@H](OC(=O)C(F)(F)F)[C@H](OC(=O)C(F)(F)F)[C@@H]1OC(=O)C(F)(F)F. The monoisotopic (exact) mass is 1040 g/mol. The minimum absolute atomic E-state index is 0.0932. The van der Waals surface area contributed by atoms with Crippen molar-refractivity contribution in [2.24, 2.45) is 0 Å². The van der Waals surface area contributed by atoms with Crippen LogP contribution in [0.3, 0.4) is 0 Å². The van der Waals surface area contributed by atoms with E-state index in [4.69, 9.17) is 18.9 Å². The molecule has 2 aliphatic rings. The molecule has 0 saturated carbocycles. The Morgan fingerprint density at radius 1 is 0.500 bits per heavy atom. The Morgan fingerprint density at radius 2 is 0.824 bits per heavy atom. The van der Waals surface area contributed by atoms with Gasteiger partial charge in [0.2, 0.25) is 0 Å². The highest BCUT2D eigenvalue weighted by Crippen LogP contribution is 2.39. The van der Waals surface area contributed by atoms with E-state index in [0.717, 1.165) is 13.0 Å². The molecular weight excluding hydrogens is 1010 g/mol. The fourth-order valence-electron chi connectivity index (χ4n) is 5.49. The highest BCUT2D eigenvalue weighted by Gasteiger charge is 2.62. The Bertz CT molecular complexity index is 1870. The van der Waals surface area contributed by atoms with Gasteiger partial charge in [-0.2, -0.15) is 79.0 Å². The van der Waals surface area contributed by atoms with Crippen LogP contribution in [0.25, 0.3) is 0 Å². The molecule has 16 nitrogen and oxygen atoms in total. The molecule has 390 valence electrons. The minimum Gasteiger partial charge on any atom is -0.449 e. The smallest absolute Gasteiger partial charge is 0.449 e. The number of allylic oxidation sites excluding steroid dienone is 2. The first-order chi connectivity index (χ1) is 30.5. The Kier molecular flexibility index (Phi) is 18.8. The van der Waals surface area contributed by atoms with Gasteiger partial charge >= 0.3 is 72.9 Å². The average Bonchev–Trinajstić information content (AvgIpc) is 3.15. The second-order valence-corrected chi connectivity index (χ2v) is 14.2. The average molecular weight is 1040 g/mol. The maximum absolute atomic E-state index is 13.6. The molecule has 2 fully saturated rings. The summed E-state index contributed by atoms with van der Waals surface area (Å²) in [6.45, 7) is 5.75. The molecule has 0 amide bonds. The van der Waals surface area contributed by atoms with Gasteiger partial charge in [-0.25, -0.2) is 28.8 Å². The van der Waals surface area contributed by atoms with Gasteiger partial charge in [0.1, 0.15) is 6.10 Å². The standard InChI is InChI=1S/C34H32F18O16/c1-6-28(5,9-7-8-11(2)3)68-21-19(67-27(58)34(50,51)52)17(65-25(56)32(44,45)46)15(63-23(54)30(38,39)40)13(61-21)10-59-20-18(66-26(57)33(47,48)49)16(64-24(55)31(41,42)43)14(12(4)60-20)62-22(53)29(35,36)37/h6,8,12-21H,1,7,9-10H2,2-5H3/t12-,13?,14-,15+,16+,17-,18+,19-,20+,21-,28?/m0/s1. The zero-order valence-corrected chi connectivity index (χ0v) is 34.1. The van der Waals surface area contributed by atoms with Crippen LogP contribution in [0.2, 0.25) is 0 Å². The molecule has 0 spiro atoms. The van der Waals surface area contributed by atoms with Crippen LogP contribution in [-0.2, 0) is 76.1 Å². The summed E-state index contributed by atoms with van der Waals surface area (Å²) in [5, 5.41) is 0. The maximum Gasteiger partial charge on any atom is 0.490 e. The second kappa shape index (κ2) is 21.7. The van der Waals surface area contributed by atoms with E-state index in [9.17, 15) is 108 Å². The van der Waals surface area contributed by atoms with Crippen molar-refractivity contribution in [1.82, 2.24) is 0 Å². The van der Waals surface area contributed by atoms with E-state index < -0.39 is 146 Å². The van der Waals surface area contributed by atoms with Gasteiger partial charge < -0.3 is 47.4 Å². The van der Waals surface area contributed by atoms with Crippen LogP contribution >= 0.6 is 0 Å². The molecule has 11 atom stereocenters. The molecule has 2 unspecified atom stereocenters. The third-order valence-electron chi connectivity index (χ3n) is 8.60. The van der Waals surface area contributed by atoms with Gasteiger partial charge in [0.05, 0.1) is 18.3 Å². The number of alkyl halides is 18. The zero-order valence-electron chi connectivity index (χ0n) is 34.1. The second-order valence-electron chi connectivity index (χ2n) is 14.2. The van der Waals surface area contributed by atoms with Gasteiger partial charge in [0.15, 0.2) is 49.2 Å². The van der Waals surface area contributed by atoms with E-state index in [1.807, 2.05) is 0 Å². The maximum atomic E-state index is 13.6. The van der Waals surface area contributed by atoms with Gasteiger partial charge in [-0.05, 0) is 40.5 Å². The summed E-state index contributed by atoms with van der Waals surface area (Å²) >= 11 is 0. The molecule has 0 aromatic carbocycles.